The smallest absolute Gasteiger partial charge is 0.224 e. The summed E-state index contributed by atoms with van der Waals surface area (Å²) in [6, 6.07) is 0. The molecule has 0 unspecified atom stereocenters. The van der Waals surface area contributed by atoms with Crippen LogP contribution in [0.25, 0.3) is 0 Å². The number of carbonyl (C=O) groups is 1. The Bertz CT molecular complexity index is 206. The van der Waals surface area contributed by atoms with Gasteiger partial charge in [0.05, 0.1) is 13.2 Å². The van der Waals surface area contributed by atoms with Crippen molar-refractivity contribution in [3.63, 3.8) is 0 Å². The molecule has 1 amide bonds. The second-order valence-corrected chi connectivity index (χ2v) is 2.78. The fourth-order valence-electron chi connectivity index (χ4n) is 1.20. The number of nitriles is 1. The highest BCUT2D eigenvalue weighted by molar-refractivity contribution is 5.76. The first-order chi connectivity index (χ1) is 6.34. The van der Waals surface area contributed by atoms with E-state index < -0.39 is 0 Å². The number of ether oxygens (including phenoxy) is 1. The van der Waals surface area contributed by atoms with Gasteiger partial charge in [-0.05, 0) is 0 Å². The maximum absolute atomic E-state index is 11.4. The first-order valence-electron chi connectivity index (χ1n) is 4.32. The van der Waals surface area contributed by atoms with E-state index in [1.807, 2.05) is 0 Å². The molecule has 0 radical (unpaired) electrons. The topological polar surface area (TPSA) is 65.4 Å². The monoisotopic (exact) mass is 183 g/mol. The highest BCUT2D eigenvalue weighted by atomic mass is 16.5. The molecule has 0 saturated carbocycles. The summed E-state index contributed by atoms with van der Waals surface area (Å²) in [6.45, 7) is 3.01. The Hall–Kier alpha value is -1.28. The van der Waals surface area contributed by atoms with Gasteiger partial charge < -0.3 is 15.0 Å². The zero-order chi connectivity index (χ0) is 9.52. The molecule has 5 nitrogen and oxygen atoms in total. The highest BCUT2D eigenvalue weighted by Crippen LogP contribution is 1.99. The number of amides is 1. The molecular weight excluding hydrogens is 170 g/mol. The van der Waals surface area contributed by atoms with Crippen LogP contribution in [0.5, 0.6) is 0 Å². The van der Waals surface area contributed by atoms with Crippen molar-refractivity contribution in [2.45, 2.75) is 6.42 Å². The van der Waals surface area contributed by atoms with Crippen LogP contribution in [-0.2, 0) is 9.53 Å². The summed E-state index contributed by atoms with van der Waals surface area (Å²) >= 11 is 0. The van der Waals surface area contributed by atoms with Gasteiger partial charge in [-0.2, -0.15) is 5.26 Å². The first-order valence-corrected chi connectivity index (χ1v) is 4.32. The summed E-state index contributed by atoms with van der Waals surface area (Å²) in [5.74, 6) is 0.0889. The zero-order valence-corrected chi connectivity index (χ0v) is 7.45. The van der Waals surface area contributed by atoms with Crippen LogP contribution in [0, 0.1) is 11.5 Å². The minimum absolute atomic E-state index is 0.0889. The van der Waals surface area contributed by atoms with Crippen LogP contribution in [0.15, 0.2) is 0 Å². The molecule has 0 bridgehead atoms. The summed E-state index contributed by atoms with van der Waals surface area (Å²) in [6.07, 6.45) is 2.16. The van der Waals surface area contributed by atoms with E-state index in [-0.39, 0.29) is 5.91 Å². The van der Waals surface area contributed by atoms with Gasteiger partial charge in [-0.25, -0.2) is 0 Å². The predicted octanol–water partition coefficient (Wildman–Crippen LogP) is -0.694. The number of morpholine rings is 1. The van der Waals surface area contributed by atoms with Crippen molar-refractivity contribution in [3.8, 4) is 6.19 Å². The van der Waals surface area contributed by atoms with Gasteiger partial charge >= 0.3 is 0 Å². The molecule has 1 aliphatic rings. The minimum atomic E-state index is 0.0889. The van der Waals surface area contributed by atoms with Crippen LogP contribution in [0.1, 0.15) is 6.42 Å². The third-order valence-electron chi connectivity index (χ3n) is 1.91. The molecule has 0 atom stereocenters. The molecule has 0 aromatic heterocycles. The number of nitrogens with one attached hydrogen (secondary N) is 1. The van der Waals surface area contributed by atoms with E-state index in [1.54, 1.807) is 11.1 Å². The van der Waals surface area contributed by atoms with Gasteiger partial charge in [-0.3, -0.25) is 4.79 Å². The van der Waals surface area contributed by atoms with Gasteiger partial charge in [0.15, 0.2) is 6.19 Å². The standard InChI is InChI=1S/C8H13N3O2/c9-7-10-2-1-8(12)11-3-5-13-6-4-11/h10H,1-6H2. The van der Waals surface area contributed by atoms with E-state index in [4.69, 9.17) is 10.00 Å². The van der Waals surface area contributed by atoms with E-state index >= 15 is 0 Å². The summed E-state index contributed by atoms with van der Waals surface area (Å²) in [4.78, 5) is 13.2. The molecule has 1 N–H and O–H groups in total. The summed E-state index contributed by atoms with van der Waals surface area (Å²) in [5, 5.41) is 10.6. The molecule has 0 aromatic rings. The lowest BCUT2D eigenvalue weighted by molar-refractivity contribution is -0.135. The van der Waals surface area contributed by atoms with E-state index in [1.165, 1.54) is 0 Å². The van der Waals surface area contributed by atoms with Crippen LogP contribution in [-0.4, -0.2) is 43.7 Å². The van der Waals surface area contributed by atoms with Crippen molar-refractivity contribution >= 4 is 5.91 Å². The van der Waals surface area contributed by atoms with Gasteiger partial charge in [0.1, 0.15) is 0 Å². The van der Waals surface area contributed by atoms with Crippen molar-refractivity contribution in [3.05, 3.63) is 0 Å². The van der Waals surface area contributed by atoms with Crippen molar-refractivity contribution < 1.29 is 9.53 Å². The number of hydrogen-bond donors (Lipinski definition) is 1. The zero-order valence-electron chi connectivity index (χ0n) is 7.45. The molecule has 1 aliphatic heterocycles. The Morgan fingerprint density at radius 1 is 1.54 bits per heavy atom. The van der Waals surface area contributed by atoms with Crippen molar-refractivity contribution in [2.24, 2.45) is 0 Å². The van der Waals surface area contributed by atoms with Gasteiger partial charge in [-0.15, -0.1) is 0 Å². The maximum atomic E-state index is 11.4. The molecule has 13 heavy (non-hydrogen) atoms. The summed E-state index contributed by atoms with van der Waals surface area (Å²) < 4.78 is 5.11. The lowest BCUT2D eigenvalue weighted by Crippen LogP contribution is -2.41. The normalized spacial score (nSPS) is 16.4. The van der Waals surface area contributed by atoms with Crippen LogP contribution in [0.2, 0.25) is 0 Å². The molecule has 1 heterocycles. The Labute approximate surface area is 77.3 Å². The maximum Gasteiger partial charge on any atom is 0.224 e. The Morgan fingerprint density at radius 3 is 2.85 bits per heavy atom. The molecular formula is C8H13N3O2. The molecule has 1 saturated heterocycles. The van der Waals surface area contributed by atoms with Crippen LogP contribution >= 0.6 is 0 Å². The molecule has 0 aromatic carbocycles. The van der Waals surface area contributed by atoms with Crippen LogP contribution in [0.4, 0.5) is 0 Å². The van der Waals surface area contributed by atoms with Gasteiger partial charge in [0.2, 0.25) is 5.91 Å². The third kappa shape index (κ3) is 3.30. The Balaban J connectivity index is 2.18. The molecule has 72 valence electrons. The minimum Gasteiger partial charge on any atom is -0.378 e. The number of nitrogens with zero attached hydrogens (tertiary/aromatic N) is 2. The second-order valence-electron chi connectivity index (χ2n) is 2.78. The number of rotatable bonds is 3. The SMILES string of the molecule is N#CNCCC(=O)N1CCOCC1. The van der Waals surface area contributed by atoms with Gasteiger partial charge in [0, 0.05) is 26.1 Å². The lowest BCUT2D eigenvalue weighted by Gasteiger charge is -2.26. The van der Waals surface area contributed by atoms with Gasteiger partial charge in [0.25, 0.3) is 0 Å². The number of carbonyl (C=O) groups excluding carboxylic acids is 1. The van der Waals surface area contributed by atoms with Crippen molar-refractivity contribution in [1.29, 1.82) is 5.26 Å². The summed E-state index contributed by atoms with van der Waals surface area (Å²) in [7, 11) is 0. The molecule has 0 aliphatic carbocycles. The fourth-order valence-corrected chi connectivity index (χ4v) is 1.20. The van der Waals surface area contributed by atoms with E-state index in [0.717, 1.165) is 0 Å². The Kier molecular flexibility index (Phi) is 4.06. The van der Waals surface area contributed by atoms with E-state index in [9.17, 15) is 4.79 Å². The number of hydrogen-bond acceptors (Lipinski definition) is 4. The quantitative estimate of drug-likeness (QED) is 0.357. The van der Waals surface area contributed by atoms with Crippen LogP contribution in [0.3, 0.4) is 0 Å². The molecule has 0 spiro atoms. The van der Waals surface area contributed by atoms with Crippen LogP contribution < -0.4 is 5.32 Å². The fraction of sp³-hybridized carbons (Fsp3) is 0.750. The predicted molar refractivity (Wildman–Crippen MR) is 45.6 cm³/mol. The van der Waals surface area contributed by atoms with E-state index in [2.05, 4.69) is 5.32 Å². The average Bonchev–Trinajstić information content (AvgIpc) is 2.19. The third-order valence-corrected chi connectivity index (χ3v) is 1.91. The van der Waals surface area contributed by atoms with Crippen molar-refractivity contribution in [2.75, 3.05) is 32.8 Å². The average molecular weight is 183 g/mol. The van der Waals surface area contributed by atoms with E-state index in [0.29, 0.717) is 39.3 Å². The van der Waals surface area contributed by atoms with Crippen molar-refractivity contribution in [1.82, 2.24) is 10.2 Å². The largest absolute Gasteiger partial charge is 0.378 e. The molecule has 1 rings (SSSR count). The first kappa shape index (κ1) is 9.81. The van der Waals surface area contributed by atoms with Gasteiger partial charge in [-0.1, -0.05) is 0 Å². The Morgan fingerprint density at radius 2 is 2.23 bits per heavy atom. The molecule has 5 heteroatoms. The summed E-state index contributed by atoms with van der Waals surface area (Å²) in [5.41, 5.74) is 0. The highest BCUT2D eigenvalue weighted by Gasteiger charge is 2.15. The lowest BCUT2D eigenvalue weighted by atomic mass is 10.3. The second kappa shape index (κ2) is 5.38. The molecule has 1 fully saturated rings.